The third-order valence-electron chi connectivity index (χ3n) is 3.85. The van der Waals surface area contributed by atoms with Crippen LogP contribution in [0.5, 0.6) is 0 Å². The first kappa shape index (κ1) is 15.7. The highest BCUT2D eigenvalue weighted by atomic mass is 79.9. The molecule has 0 bridgehead atoms. The molecule has 0 atom stereocenters. The van der Waals surface area contributed by atoms with Crippen molar-refractivity contribution in [2.45, 2.75) is 39.3 Å². The number of piperidine rings is 1. The minimum atomic E-state index is 0.668. The molecule has 1 heterocycles. The molecule has 2 nitrogen and oxygen atoms in total. The topological polar surface area (TPSA) is 15.3 Å². The van der Waals surface area contributed by atoms with Gasteiger partial charge in [-0.15, -0.1) is 0 Å². The second kappa shape index (κ2) is 7.96. The van der Waals surface area contributed by atoms with Gasteiger partial charge in [-0.2, -0.15) is 0 Å². The Morgan fingerprint density at radius 2 is 1.90 bits per heavy atom. The van der Waals surface area contributed by atoms with Crippen LogP contribution in [0.3, 0.4) is 0 Å². The summed E-state index contributed by atoms with van der Waals surface area (Å²) < 4.78 is 1.15. The maximum absolute atomic E-state index is 3.69. The molecule has 1 aromatic carbocycles. The number of benzene rings is 1. The molecule has 0 amide bonds. The molecule has 0 radical (unpaired) electrons. The Morgan fingerprint density at radius 3 is 2.50 bits per heavy atom. The van der Waals surface area contributed by atoms with Crippen LogP contribution in [0, 0.1) is 0 Å². The Morgan fingerprint density at radius 1 is 1.25 bits per heavy atom. The number of nitrogens with zero attached hydrogens (tertiary/aromatic N) is 1. The molecular weight excluding hydrogens is 312 g/mol. The number of halogens is 1. The highest BCUT2D eigenvalue weighted by Gasteiger charge is 2.17. The normalized spacial score (nSPS) is 17.1. The van der Waals surface area contributed by atoms with Gasteiger partial charge in [0.2, 0.25) is 0 Å². The van der Waals surface area contributed by atoms with Gasteiger partial charge in [-0.1, -0.05) is 39.7 Å². The van der Waals surface area contributed by atoms with E-state index in [1.54, 1.807) is 0 Å². The molecule has 1 aliphatic heterocycles. The minimum Gasteiger partial charge on any atom is -0.310 e. The first-order valence-corrected chi connectivity index (χ1v) is 8.26. The van der Waals surface area contributed by atoms with Crippen molar-refractivity contribution < 1.29 is 0 Å². The molecule has 0 spiro atoms. The lowest BCUT2D eigenvalue weighted by molar-refractivity contribution is 0.214. The second-order valence-corrected chi connectivity index (χ2v) is 6.78. The summed E-state index contributed by atoms with van der Waals surface area (Å²) in [6, 6.07) is 9.25. The van der Waals surface area contributed by atoms with Gasteiger partial charge in [0.25, 0.3) is 0 Å². The fourth-order valence-electron chi connectivity index (χ4n) is 2.50. The van der Waals surface area contributed by atoms with Gasteiger partial charge in [0.1, 0.15) is 0 Å². The molecule has 1 saturated heterocycles. The van der Waals surface area contributed by atoms with Gasteiger partial charge in [0.05, 0.1) is 0 Å². The standard InChI is InChI=1S/C17H25BrN2/c1-14(2)7-10-20-11-8-17(9-12-20)19-13-15-3-5-16(18)6-4-15/h3-7,17,19H,8-13H2,1-2H3. The fraction of sp³-hybridized carbons (Fsp3) is 0.529. The van der Waals surface area contributed by atoms with Gasteiger partial charge < -0.3 is 5.32 Å². The Kier molecular flexibility index (Phi) is 6.27. The SMILES string of the molecule is CC(C)=CCN1CCC(NCc2ccc(Br)cc2)CC1. The maximum atomic E-state index is 3.69. The van der Waals surface area contributed by atoms with E-state index < -0.39 is 0 Å². The van der Waals surface area contributed by atoms with E-state index in [1.165, 1.54) is 37.1 Å². The van der Waals surface area contributed by atoms with E-state index in [0.717, 1.165) is 17.6 Å². The van der Waals surface area contributed by atoms with Crippen LogP contribution in [0.1, 0.15) is 32.3 Å². The number of hydrogen-bond acceptors (Lipinski definition) is 2. The lowest BCUT2D eigenvalue weighted by atomic mass is 10.0. The van der Waals surface area contributed by atoms with Crippen LogP contribution < -0.4 is 5.32 Å². The Balaban J connectivity index is 1.69. The van der Waals surface area contributed by atoms with E-state index >= 15 is 0 Å². The van der Waals surface area contributed by atoms with Crippen LogP contribution in [0.25, 0.3) is 0 Å². The van der Waals surface area contributed by atoms with E-state index in [0.29, 0.717) is 6.04 Å². The Bertz CT molecular complexity index is 427. The van der Waals surface area contributed by atoms with Crippen LogP contribution in [0.15, 0.2) is 40.4 Å². The third kappa shape index (κ3) is 5.39. The molecule has 0 aliphatic carbocycles. The predicted octanol–water partition coefficient (Wildman–Crippen LogP) is 3.97. The van der Waals surface area contributed by atoms with Crippen molar-refractivity contribution in [3.05, 3.63) is 46.0 Å². The molecule has 110 valence electrons. The van der Waals surface area contributed by atoms with Crippen LogP contribution in [-0.2, 0) is 6.54 Å². The zero-order valence-electron chi connectivity index (χ0n) is 12.5. The van der Waals surface area contributed by atoms with Crippen LogP contribution in [0.4, 0.5) is 0 Å². The Labute approximate surface area is 131 Å². The summed E-state index contributed by atoms with van der Waals surface area (Å²) in [5.74, 6) is 0. The average molecular weight is 337 g/mol. The maximum Gasteiger partial charge on any atom is 0.0208 e. The van der Waals surface area contributed by atoms with Crippen molar-refractivity contribution in [2.75, 3.05) is 19.6 Å². The van der Waals surface area contributed by atoms with Gasteiger partial charge in [0.15, 0.2) is 0 Å². The minimum absolute atomic E-state index is 0.668. The quantitative estimate of drug-likeness (QED) is 0.818. The Hall–Kier alpha value is -0.640. The summed E-state index contributed by atoms with van der Waals surface area (Å²) in [6.07, 6.45) is 4.84. The first-order chi connectivity index (χ1) is 9.63. The van der Waals surface area contributed by atoms with Gasteiger partial charge in [-0.3, -0.25) is 4.90 Å². The van der Waals surface area contributed by atoms with Gasteiger partial charge in [-0.25, -0.2) is 0 Å². The van der Waals surface area contributed by atoms with E-state index in [-0.39, 0.29) is 0 Å². The number of allylic oxidation sites excluding steroid dienone is 1. The molecule has 2 rings (SSSR count). The van der Waals surface area contributed by atoms with Crippen molar-refractivity contribution in [3.63, 3.8) is 0 Å². The summed E-state index contributed by atoms with van der Waals surface area (Å²) in [5.41, 5.74) is 2.78. The molecule has 3 heteroatoms. The molecule has 0 unspecified atom stereocenters. The number of hydrogen-bond donors (Lipinski definition) is 1. The zero-order valence-corrected chi connectivity index (χ0v) is 14.1. The molecule has 1 aromatic rings. The van der Waals surface area contributed by atoms with Crippen molar-refractivity contribution in [1.29, 1.82) is 0 Å². The smallest absolute Gasteiger partial charge is 0.0208 e. The third-order valence-corrected chi connectivity index (χ3v) is 4.38. The summed E-state index contributed by atoms with van der Waals surface area (Å²) in [4.78, 5) is 2.55. The number of rotatable bonds is 5. The van der Waals surface area contributed by atoms with E-state index in [9.17, 15) is 0 Å². The van der Waals surface area contributed by atoms with Crippen LogP contribution in [-0.4, -0.2) is 30.6 Å². The summed E-state index contributed by atoms with van der Waals surface area (Å²) >= 11 is 3.47. The van der Waals surface area contributed by atoms with Crippen molar-refractivity contribution in [1.82, 2.24) is 10.2 Å². The van der Waals surface area contributed by atoms with Gasteiger partial charge in [-0.05, 0) is 57.5 Å². The summed E-state index contributed by atoms with van der Waals surface area (Å²) in [6.45, 7) is 8.86. The van der Waals surface area contributed by atoms with Crippen molar-refractivity contribution in [3.8, 4) is 0 Å². The number of nitrogens with one attached hydrogen (secondary N) is 1. The zero-order chi connectivity index (χ0) is 14.4. The van der Waals surface area contributed by atoms with Crippen LogP contribution in [0.2, 0.25) is 0 Å². The van der Waals surface area contributed by atoms with E-state index in [2.05, 4.69) is 70.3 Å². The average Bonchev–Trinajstić information content (AvgIpc) is 2.45. The second-order valence-electron chi connectivity index (χ2n) is 5.86. The van der Waals surface area contributed by atoms with Crippen LogP contribution >= 0.6 is 15.9 Å². The molecule has 1 fully saturated rings. The highest BCUT2D eigenvalue weighted by Crippen LogP contribution is 2.13. The fourth-order valence-corrected chi connectivity index (χ4v) is 2.76. The van der Waals surface area contributed by atoms with Crippen molar-refractivity contribution in [2.24, 2.45) is 0 Å². The van der Waals surface area contributed by atoms with E-state index in [1.807, 2.05) is 0 Å². The van der Waals surface area contributed by atoms with Gasteiger partial charge >= 0.3 is 0 Å². The van der Waals surface area contributed by atoms with Gasteiger partial charge in [0, 0.05) is 23.6 Å². The lowest BCUT2D eigenvalue weighted by Gasteiger charge is -2.31. The highest BCUT2D eigenvalue weighted by molar-refractivity contribution is 9.10. The summed E-state index contributed by atoms with van der Waals surface area (Å²) in [5, 5.41) is 3.69. The molecular formula is C17H25BrN2. The molecule has 1 aliphatic rings. The molecule has 0 aromatic heterocycles. The molecule has 20 heavy (non-hydrogen) atoms. The monoisotopic (exact) mass is 336 g/mol. The summed E-state index contributed by atoms with van der Waals surface area (Å²) in [7, 11) is 0. The molecule has 1 N–H and O–H groups in total. The lowest BCUT2D eigenvalue weighted by Crippen LogP contribution is -2.42. The first-order valence-electron chi connectivity index (χ1n) is 7.47. The molecule has 0 saturated carbocycles. The van der Waals surface area contributed by atoms with E-state index in [4.69, 9.17) is 0 Å². The largest absolute Gasteiger partial charge is 0.310 e. The van der Waals surface area contributed by atoms with Crippen molar-refractivity contribution >= 4 is 15.9 Å². The predicted molar refractivity (Wildman–Crippen MR) is 89.9 cm³/mol. The number of likely N-dealkylation sites (tertiary alicyclic amines) is 1.